The van der Waals surface area contributed by atoms with Gasteiger partial charge in [-0.05, 0) is 49.2 Å². The molecule has 196 valence electrons. The number of benzene rings is 1. The molecule has 0 unspecified atom stereocenters. The number of imidazole rings is 1. The summed E-state index contributed by atoms with van der Waals surface area (Å²) in [4.78, 5) is 44.6. The van der Waals surface area contributed by atoms with Crippen molar-refractivity contribution in [3.8, 4) is 0 Å². The predicted molar refractivity (Wildman–Crippen MR) is 144 cm³/mol. The predicted octanol–water partition coefficient (Wildman–Crippen LogP) is 4.68. The first-order valence-electron chi connectivity index (χ1n) is 13.6. The highest BCUT2D eigenvalue weighted by Gasteiger charge is 2.27. The van der Waals surface area contributed by atoms with E-state index < -0.39 is 5.97 Å². The van der Waals surface area contributed by atoms with Crippen LogP contribution in [0.15, 0.2) is 39.9 Å². The van der Waals surface area contributed by atoms with E-state index in [1.54, 1.807) is 22.3 Å². The minimum absolute atomic E-state index is 0.0141. The summed E-state index contributed by atoms with van der Waals surface area (Å²) < 4.78 is 4.61. The van der Waals surface area contributed by atoms with Crippen molar-refractivity contribution in [1.82, 2.24) is 18.7 Å². The van der Waals surface area contributed by atoms with Crippen LogP contribution in [-0.2, 0) is 24.9 Å². The molecule has 0 saturated heterocycles. The van der Waals surface area contributed by atoms with Crippen molar-refractivity contribution in [3.05, 3.63) is 62.6 Å². The van der Waals surface area contributed by atoms with E-state index in [0.717, 1.165) is 56.9 Å². The number of aliphatic carboxylic acids is 1. The van der Waals surface area contributed by atoms with Gasteiger partial charge < -0.3 is 9.67 Å². The molecule has 0 amide bonds. The zero-order valence-electron chi connectivity index (χ0n) is 21.6. The third-order valence-electron chi connectivity index (χ3n) is 8.15. The van der Waals surface area contributed by atoms with E-state index in [1.165, 1.54) is 17.4 Å². The Kier molecular flexibility index (Phi) is 7.44. The van der Waals surface area contributed by atoms with E-state index in [-0.39, 0.29) is 28.3 Å². The number of aromatic nitrogens is 4. The lowest BCUT2D eigenvalue weighted by Crippen LogP contribution is -2.43. The molecule has 2 aromatic heterocycles. The molecule has 0 bridgehead atoms. The monoisotopic (exact) mass is 504 g/mol. The van der Waals surface area contributed by atoms with Crippen LogP contribution in [-0.4, -0.2) is 29.8 Å². The van der Waals surface area contributed by atoms with Crippen molar-refractivity contribution in [3.63, 3.8) is 0 Å². The molecule has 2 aliphatic rings. The number of hydrogen-bond donors (Lipinski definition) is 1. The van der Waals surface area contributed by atoms with Gasteiger partial charge >= 0.3 is 11.7 Å². The first kappa shape index (κ1) is 25.2. The molecule has 8 nitrogen and oxygen atoms in total. The van der Waals surface area contributed by atoms with Gasteiger partial charge in [0.1, 0.15) is 11.4 Å². The molecule has 5 rings (SSSR count). The van der Waals surface area contributed by atoms with Crippen molar-refractivity contribution in [1.29, 1.82) is 0 Å². The fraction of sp³-hybridized carbons (Fsp3) is 0.517. The summed E-state index contributed by atoms with van der Waals surface area (Å²) >= 11 is 0. The highest BCUT2D eigenvalue weighted by atomic mass is 16.4. The lowest BCUT2D eigenvalue weighted by atomic mass is 9.89. The van der Waals surface area contributed by atoms with E-state index in [0.29, 0.717) is 30.4 Å². The van der Waals surface area contributed by atoms with Crippen LogP contribution in [0, 0.1) is 11.8 Å². The number of rotatable bonds is 7. The largest absolute Gasteiger partial charge is 0.478 e. The van der Waals surface area contributed by atoms with Gasteiger partial charge in [-0.3, -0.25) is 13.9 Å². The average Bonchev–Trinajstić information content (AvgIpc) is 3.26. The number of carboxylic acids is 1. The molecule has 8 heteroatoms. The van der Waals surface area contributed by atoms with Crippen LogP contribution in [0.5, 0.6) is 0 Å². The second-order valence-electron chi connectivity index (χ2n) is 10.8. The van der Waals surface area contributed by atoms with Gasteiger partial charge in [-0.1, -0.05) is 68.9 Å². The summed E-state index contributed by atoms with van der Waals surface area (Å²) in [7, 11) is 1.67. The number of fused-ring (bicyclic) bond motifs is 1. The Bertz CT molecular complexity index is 1420. The van der Waals surface area contributed by atoms with Gasteiger partial charge in [0, 0.05) is 20.1 Å². The molecule has 2 saturated carbocycles. The molecule has 1 N–H and O–H groups in total. The second-order valence-corrected chi connectivity index (χ2v) is 10.8. The number of aryl methyl sites for hydroxylation is 1. The van der Waals surface area contributed by atoms with Gasteiger partial charge in [-0.2, -0.15) is 0 Å². The summed E-state index contributed by atoms with van der Waals surface area (Å²) in [6, 6.07) is 9.19. The quantitative estimate of drug-likeness (QED) is 0.471. The van der Waals surface area contributed by atoms with Crippen LogP contribution in [0.1, 0.15) is 75.6 Å². The molecule has 0 spiro atoms. The first-order valence-corrected chi connectivity index (χ1v) is 13.6. The molecule has 0 atom stereocenters. The molecule has 3 aromatic rings. The Morgan fingerprint density at radius 2 is 1.49 bits per heavy atom. The fourth-order valence-corrected chi connectivity index (χ4v) is 6.12. The average molecular weight is 505 g/mol. The van der Waals surface area contributed by atoms with Gasteiger partial charge in [-0.15, -0.1) is 0 Å². The van der Waals surface area contributed by atoms with E-state index in [1.807, 2.05) is 30.3 Å². The normalized spacial score (nSPS) is 17.9. The van der Waals surface area contributed by atoms with Gasteiger partial charge in [0.15, 0.2) is 11.2 Å². The summed E-state index contributed by atoms with van der Waals surface area (Å²) in [5.41, 5.74) is 0.596. The van der Waals surface area contributed by atoms with E-state index in [4.69, 9.17) is 0 Å². The summed E-state index contributed by atoms with van der Waals surface area (Å²) in [6.45, 7) is 0.909. The zero-order chi connectivity index (χ0) is 25.9. The SMILES string of the molecule is Cn1c(/C(=C\c2ccccc2)C(=O)O)nc2c1c(=O)n(CC1CCCCC1)c(=O)n2CC1CCCCC1. The van der Waals surface area contributed by atoms with E-state index in [9.17, 15) is 19.5 Å². The smallest absolute Gasteiger partial charge is 0.339 e. The Morgan fingerprint density at radius 3 is 2.05 bits per heavy atom. The van der Waals surface area contributed by atoms with Crippen LogP contribution >= 0.6 is 0 Å². The first-order chi connectivity index (χ1) is 17.9. The molecular weight excluding hydrogens is 468 g/mol. The maximum Gasteiger partial charge on any atom is 0.339 e. The molecule has 0 radical (unpaired) electrons. The van der Waals surface area contributed by atoms with E-state index >= 15 is 0 Å². The third kappa shape index (κ3) is 5.20. The maximum atomic E-state index is 13.8. The van der Waals surface area contributed by atoms with Gasteiger partial charge in [0.2, 0.25) is 0 Å². The standard InChI is InChI=1S/C29H36N4O4/c1-31-24-26(30-25(31)23(28(35)36)17-20-11-5-2-6-12-20)32(18-21-13-7-3-8-14-21)29(37)33(27(24)34)19-22-15-9-4-10-16-22/h2,5-6,11-12,17,21-22H,3-4,7-10,13-16,18-19H2,1H3,(H,35,36)/b23-17+. The number of nitrogens with zero attached hydrogens (tertiary/aromatic N) is 4. The number of hydrogen-bond acceptors (Lipinski definition) is 4. The Morgan fingerprint density at radius 1 is 0.919 bits per heavy atom. The molecule has 2 fully saturated rings. The van der Waals surface area contributed by atoms with Gasteiger partial charge in [-0.25, -0.2) is 14.6 Å². The maximum absolute atomic E-state index is 13.8. The van der Waals surface area contributed by atoms with Crippen LogP contribution in [0.2, 0.25) is 0 Å². The van der Waals surface area contributed by atoms with Crippen molar-refractivity contribution in [2.24, 2.45) is 18.9 Å². The summed E-state index contributed by atoms with van der Waals surface area (Å²) in [6.07, 6.45) is 12.6. The minimum atomic E-state index is -1.13. The van der Waals surface area contributed by atoms with Crippen molar-refractivity contribution >= 4 is 28.8 Å². The van der Waals surface area contributed by atoms with Crippen LogP contribution in [0.4, 0.5) is 0 Å². The lowest BCUT2D eigenvalue weighted by Gasteiger charge is -2.24. The van der Waals surface area contributed by atoms with Crippen molar-refractivity contribution in [2.75, 3.05) is 0 Å². The van der Waals surface area contributed by atoms with Crippen LogP contribution in [0.3, 0.4) is 0 Å². The zero-order valence-corrected chi connectivity index (χ0v) is 21.6. The number of carbonyl (C=O) groups is 1. The highest BCUT2D eigenvalue weighted by Crippen LogP contribution is 2.28. The third-order valence-corrected chi connectivity index (χ3v) is 8.15. The van der Waals surface area contributed by atoms with Crippen molar-refractivity contribution in [2.45, 2.75) is 77.3 Å². The summed E-state index contributed by atoms with van der Waals surface area (Å²) in [5, 5.41) is 10.1. The second kappa shape index (κ2) is 10.9. The van der Waals surface area contributed by atoms with Crippen LogP contribution in [0.25, 0.3) is 22.8 Å². The minimum Gasteiger partial charge on any atom is -0.478 e. The fourth-order valence-electron chi connectivity index (χ4n) is 6.12. The molecule has 0 aliphatic heterocycles. The molecular formula is C29H36N4O4. The Labute approximate surface area is 216 Å². The van der Waals surface area contributed by atoms with Crippen molar-refractivity contribution < 1.29 is 9.90 Å². The lowest BCUT2D eigenvalue weighted by molar-refractivity contribution is -0.130. The number of carboxylic acid groups (broad SMARTS) is 1. The molecule has 1 aromatic carbocycles. The molecule has 2 heterocycles. The topological polar surface area (TPSA) is 99.1 Å². The Balaban J connectivity index is 1.68. The summed E-state index contributed by atoms with van der Waals surface area (Å²) in [5.74, 6) is -0.304. The van der Waals surface area contributed by atoms with Crippen LogP contribution < -0.4 is 11.2 Å². The Hall–Kier alpha value is -3.42. The highest BCUT2D eigenvalue weighted by molar-refractivity contribution is 6.20. The van der Waals surface area contributed by atoms with Gasteiger partial charge in [0.05, 0.1) is 0 Å². The van der Waals surface area contributed by atoms with E-state index in [2.05, 4.69) is 4.98 Å². The molecule has 37 heavy (non-hydrogen) atoms. The molecule has 2 aliphatic carbocycles. The van der Waals surface area contributed by atoms with Gasteiger partial charge in [0.25, 0.3) is 5.56 Å².